The van der Waals surface area contributed by atoms with Crippen molar-refractivity contribution in [3.8, 4) is 0 Å². The highest BCUT2D eigenvalue weighted by Gasteiger charge is 2.32. The lowest BCUT2D eigenvalue weighted by molar-refractivity contribution is -0.144. The topological polar surface area (TPSA) is 23.6 Å². The van der Waals surface area contributed by atoms with Crippen molar-refractivity contribution in [1.29, 1.82) is 0 Å². The molecule has 0 unspecified atom stereocenters. The van der Waals surface area contributed by atoms with Crippen molar-refractivity contribution in [2.45, 2.75) is 46.1 Å². The second-order valence-corrected chi connectivity index (χ2v) is 4.00. The molecule has 88 valence electrons. The number of carbonyl (C=O) groups is 1. The van der Waals surface area contributed by atoms with E-state index >= 15 is 0 Å². The number of nitrogens with zero attached hydrogens (tertiary/aromatic N) is 2. The molecule has 0 aromatic carbocycles. The predicted octanol–water partition coefficient (Wildman–Crippen LogP) is 1.73. The van der Waals surface area contributed by atoms with Crippen LogP contribution in [0.4, 0.5) is 0 Å². The first-order valence-corrected chi connectivity index (χ1v) is 6.33. The quantitative estimate of drug-likeness (QED) is 0.651. The first kappa shape index (κ1) is 12.5. The highest BCUT2D eigenvalue weighted by Crippen LogP contribution is 2.21. The van der Waals surface area contributed by atoms with Gasteiger partial charge < -0.3 is 9.80 Å². The average molecular weight is 212 g/mol. The van der Waals surface area contributed by atoms with Crippen LogP contribution in [-0.2, 0) is 4.79 Å². The zero-order chi connectivity index (χ0) is 11.3. The van der Waals surface area contributed by atoms with Gasteiger partial charge in [0.05, 0.1) is 0 Å². The summed E-state index contributed by atoms with van der Waals surface area (Å²) in [5, 5.41) is 0. The van der Waals surface area contributed by atoms with Crippen LogP contribution in [-0.4, -0.2) is 47.9 Å². The predicted molar refractivity (Wildman–Crippen MR) is 62.8 cm³/mol. The molecule has 0 N–H and O–H groups in total. The van der Waals surface area contributed by atoms with E-state index in [0.717, 1.165) is 19.5 Å². The highest BCUT2D eigenvalue weighted by atomic mass is 16.2. The molecule has 1 amide bonds. The third-order valence-corrected chi connectivity index (χ3v) is 3.33. The molecule has 2 aliphatic heterocycles. The van der Waals surface area contributed by atoms with Gasteiger partial charge in [-0.05, 0) is 19.4 Å². The second kappa shape index (κ2) is 6.11. The van der Waals surface area contributed by atoms with Gasteiger partial charge in [-0.3, -0.25) is 4.79 Å². The van der Waals surface area contributed by atoms with Crippen molar-refractivity contribution in [1.82, 2.24) is 9.80 Å². The Hall–Kier alpha value is -0.570. The summed E-state index contributed by atoms with van der Waals surface area (Å²) >= 11 is 0. The maximum Gasteiger partial charge on any atom is 0.224 e. The third kappa shape index (κ3) is 2.94. The van der Waals surface area contributed by atoms with Gasteiger partial charge in [0, 0.05) is 32.1 Å². The van der Waals surface area contributed by atoms with Gasteiger partial charge >= 0.3 is 0 Å². The molecule has 0 saturated carbocycles. The van der Waals surface area contributed by atoms with Gasteiger partial charge in [-0.25, -0.2) is 0 Å². The van der Waals surface area contributed by atoms with Crippen LogP contribution in [0, 0.1) is 0 Å². The van der Waals surface area contributed by atoms with E-state index < -0.39 is 0 Å². The fourth-order valence-electron chi connectivity index (χ4n) is 2.27. The smallest absolute Gasteiger partial charge is 0.224 e. The van der Waals surface area contributed by atoms with Gasteiger partial charge in [-0.2, -0.15) is 0 Å². The second-order valence-electron chi connectivity index (χ2n) is 4.00. The van der Waals surface area contributed by atoms with E-state index in [9.17, 15) is 4.79 Å². The Morgan fingerprint density at radius 1 is 1.20 bits per heavy atom. The molecule has 2 heterocycles. The first-order chi connectivity index (χ1) is 7.31. The monoisotopic (exact) mass is 212 g/mol. The Kier molecular flexibility index (Phi) is 5.09. The fourth-order valence-corrected chi connectivity index (χ4v) is 2.27. The molecule has 0 radical (unpaired) electrons. The van der Waals surface area contributed by atoms with Crippen LogP contribution in [0.3, 0.4) is 0 Å². The Labute approximate surface area is 93.4 Å². The van der Waals surface area contributed by atoms with Crippen LogP contribution < -0.4 is 0 Å². The zero-order valence-electron chi connectivity index (χ0n) is 10.3. The van der Waals surface area contributed by atoms with E-state index in [4.69, 9.17) is 0 Å². The summed E-state index contributed by atoms with van der Waals surface area (Å²) < 4.78 is 0. The minimum atomic E-state index is 0.370. The van der Waals surface area contributed by atoms with E-state index in [1.807, 2.05) is 13.8 Å². The minimum Gasteiger partial charge on any atom is -0.339 e. The standard InChI is InChI=1S/C10H18N2O.C2H6/c1-2-11-6-3-9(4-7-11)12-8-5-10(12)13;1-2/h9H,2-8H2,1H3;1-2H3. The number of amides is 1. The van der Waals surface area contributed by atoms with Gasteiger partial charge in [0.25, 0.3) is 0 Å². The summed E-state index contributed by atoms with van der Waals surface area (Å²) in [5.74, 6) is 0.370. The number of hydrogen-bond acceptors (Lipinski definition) is 2. The van der Waals surface area contributed by atoms with Gasteiger partial charge in [-0.1, -0.05) is 20.8 Å². The van der Waals surface area contributed by atoms with Gasteiger partial charge in [-0.15, -0.1) is 0 Å². The molecule has 2 saturated heterocycles. The molecule has 0 aromatic rings. The van der Waals surface area contributed by atoms with Crippen LogP contribution in [0.25, 0.3) is 0 Å². The maximum atomic E-state index is 11.2. The molecule has 0 atom stereocenters. The van der Waals surface area contributed by atoms with Crippen LogP contribution in [0.2, 0.25) is 0 Å². The van der Waals surface area contributed by atoms with E-state index in [0.29, 0.717) is 11.9 Å². The maximum absolute atomic E-state index is 11.2. The number of rotatable bonds is 2. The van der Waals surface area contributed by atoms with Crippen molar-refractivity contribution in [2.75, 3.05) is 26.2 Å². The largest absolute Gasteiger partial charge is 0.339 e. The number of β-lactam (4-membered cyclic amide) rings is 1. The highest BCUT2D eigenvalue weighted by molar-refractivity contribution is 5.82. The minimum absolute atomic E-state index is 0.370. The number of carbonyl (C=O) groups excluding carboxylic acids is 1. The van der Waals surface area contributed by atoms with Gasteiger partial charge in [0.2, 0.25) is 5.91 Å². The molecule has 0 aromatic heterocycles. The molecule has 3 nitrogen and oxygen atoms in total. The lowest BCUT2D eigenvalue weighted by Crippen LogP contribution is -2.53. The van der Waals surface area contributed by atoms with E-state index in [2.05, 4.69) is 16.7 Å². The number of hydrogen-bond donors (Lipinski definition) is 0. The molecule has 2 aliphatic rings. The molecule has 0 aliphatic carbocycles. The molecule has 2 fully saturated rings. The van der Waals surface area contributed by atoms with Crippen LogP contribution >= 0.6 is 0 Å². The summed E-state index contributed by atoms with van der Waals surface area (Å²) in [6.45, 7) is 10.7. The van der Waals surface area contributed by atoms with Crippen molar-refractivity contribution in [3.63, 3.8) is 0 Å². The van der Waals surface area contributed by atoms with E-state index in [1.165, 1.54) is 25.9 Å². The fraction of sp³-hybridized carbons (Fsp3) is 0.917. The average Bonchev–Trinajstić information content (AvgIpc) is 2.31. The summed E-state index contributed by atoms with van der Waals surface area (Å²) in [7, 11) is 0. The Bertz CT molecular complexity index is 198. The lowest BCUT2D eigenvalue weighted by atomic mass is 9.99. The number of likely N-dealkylation sites (tertiary alicyclic amines) is 2. The van der Waals surface area contributed by atoms with Crippen LogP contribution in [0.1, 0.15) is 40.0 Å². The van der Waals surface area contributed by atoms with Crippen molar-refractivity contribution >= 4 is 5.91 Å². The summed E-state index contributed by atoms with van der Waals surface area (Å²) in [5.41, 5.74) is 0. The Morgan fingerprint density at radius 3 is 2.13 bits per heavy atom. The normalized spacial score (nSPS) is 23.1. The molecule has 15 heavy (non-hydrogen) atoms. The summed E-state index contributed by atoms with van der Waals surface area (Å²) in [4.78, 5) is 15.7. The first-order valence-electron chi connectivity index (χ1n) is 6.33. The Morgan fingerprint density at radius 2 is 1.80 bits per heavy atom. The van der Waals surface area contributed by atoms with Crippen LogP contribution in [0.15, 0.2) is 0 Å². The molecular formula is C12H24N2O. The van der Waals surface area contributed by atoms with Gasteiger partial charge in [0.1, 0.15) is 0 Å². The third-order valence-electron chi connectivity index (χ3n) is 3.33. The summed E-state index contributed by atoms with van der Waals surface area (Å²) in [6.07, 6.45) is 3.15. The van der Waals surface area contributed by atoms with Crippen molar-refractivity contribution in [3.05, 3.63) is 0 Å². The SMILES string of the molecule is CC.CCN1CCC(N2CCC2=O)CC1. The van der Waals surface area contributed by atoms with Crippen molar-refractivity contribution in [2.24, 2.45) is 0 Å². The summed E-state index contributed by atoms with van der Waals surface area (Å²) in [6, 6.07) is 0.559. The molecule has 2 rings (SSSR count). The molecule has 3 heteroatoms. The van der Waals surface area contributed by atoms with Crippen LogP contribution in [0.5, 0.6) is 0 Å². The zero-order valence-corrected chi connectivity index (χ0v) is 10.3. The Balaban J connectivity index is 0.000000531. The van der Waals surface area contributed by atoms with E-state index in [-0.39, 0.29) is 0 Å². The number of piperidine rings is 1. The van der Waals surface area contributed by atoms with E-state index in [1.54, 1.807) is 0 Å². The molecule has 0 spiro atoms. The van der Waals surface area contributed by atoms with Gasteiger partial charge in [0.15, 0.2) is 0 Å². The molecular weight excluding hydrogens is 188 g/mol. The lowest BCUT2D eigenvalue weighted by Gasteiger charge is -2.42. The molecule has 0 bridgehead atoms. The van der Waals surface area contributed by atoms with Crippen molar-refractivity contribution < 1.29 is 4.79 Å².